The van der Waals surface area contributed by atoms with E-state index in [1.807, 2.05) is 0 Å². The number of hydrogen-bond acceptors (Lipinski definition) is 2. The number of halogens is 2. The highest BCUT2D eigenvalue weighted by molar-refractivity contribution is 6.33. The van der Waals surface area contributed by atoms with E-state index in [4.69, 9.17) is 23.2 Å². The molecular weight excluding hydrogens is 209 g/mol. The van der Waals surface area contributed by atoms with Crippen LogP contribution >= 0.6 is 23.2 Å². The molecule has 0 unspecified atom stereocenters. The molecule has 1 aromatic carbocycles. The quantitative estimate of drug-likeness (QED) is 0.730. The van der Waals surface area contributed by atoms with E-state index in [0.29, 0.717) is 15.9 Å². The molecule has 0 aliphatic heterocycles. The van der Waals surface area contributed by atoms with Crippen molar-refractivity contribution < 1.29 is 5.11 Å². The lowest BCUT2D eigenvalue weighted by atomic mass is 10.2. The molecule has 0 atom stereocenters. The third-order valence-corrected chi connectivity index (χ3v) is 2.27. The molecule has 0 amide bonds. The molecule has 0 aliphatic rings. The third kappa shape index (κ3) is 1.43. The Balaban J connectivity index is 2.87. The van der Waals surface area contributed by atoms with Gasteiger partial charge in [-0.15, -0.1) is 0 Å². The SMILES string of the molecule is Oc1c(Cl)cnc2cc(Cl)ccc12. The van der Waals surface area contributed by atoms with Gasteiger partial charge in [-0.1, -0.05) is 23.2 Å². The number of aromatic hydroxyl groups is 1. The van der Waals surface area contributed by atoms with Gasteiger partial charge < -0.3 is 5.11 Å². The largest absolute Gasteiger partial charge is 0.506 e. The van der Waals surface area contributed by atoms with Gasteiger partial charge in [0.05, 0.1) is 5.52 Å². The number of pyridine rings is 1. The summed E-state index contributed by atoms with van der Waals surface area (Å²) in [6.07, 6.45) is 1.40. The molecule has 13 heavy (non-hydrogen) atoms. The predicted octanol–water partition coefficient (Wildman–Crippen LogP) is 3.25. The Bertz CT molecular complexity index is 470. The van der Waals surface area contributed by atoms with Crippen LogP contribution in [-0.2, 0) is 0 Å². The molecule has 0 radical (unpaired) electrons. The van der Waals surface area contributed by atoms with Crippen molar-refractivity contribution in [1.82, 2.24) is 4.98 Å². The zero-order valence-electron chi connectivity index (χ0n) is 6.46. The van der Waals surface area contributed by atoms with E-state index in [0.717, 1.165) is 0 Å². The van der Waals surface area contributed by atoms with Crippen molar-refractivity contribution in [1.29, 1.82) is 0 Å². The molecule has 0 bridgehead atoms. The first kappa shape index (κ1) is 8.60. The van der Waals surface area contributed by atoms with Crippen LogP contribution in [0.3, 0.4) is 0 Å². The zero-order valence-corrected chi connectivity index (χ0v) is 7.97. The standard InChI is InChI=1S/C9H5Cl2NO/c10-5-1-2-6-8(3-5)12-4-7(11)9(6)13/h1-4H,(H,12,13). The van der Waals surface area contributed by atoms with Crippen molar-refractivity contribution in [3.8, 4) is 5.75 Å². The summed E-state index contributed by atoms with van der Waals surface area (Å²) in [7, 11) is 0. The summed E-state index contributed by atoms with van der Waals surface area (Å²) < 4.78 is 0. The normalized spacial score (nSPS) is 10.6. The molecule has 4 heteroatoms. The second-order valence-corrected chi connectivity index (χ2v) is 3.46. The van der Waals surface area contributed by atoms with E-state index in [-0.39, 0.29) is 10.8 Å². The van der Waals surface area contributed by atoms with Crippen molar-refractivity contribution in [3.63, 3.8) is 0 Å². The maximum absolute atomic E-state index is 9.53. The van der Waals surface area contributed by atoms with Crippen LogP contribution in [0.15, 0.2) is 24.4 Å². The molecule has 0 aliphatic carbocycles. The molecule has 0 saturated carbocycles. The molecule has 2 rings (SSSR count). The summed E-state index contributed by atoms with van der Waals surface area (Å²) >= 11 is 11.4. The van der Waals surface area contributed by atoms with Gasteiger partial charge >= 0.3 is 0 Å². The van der Waals surface area contributed by atoms with Crippen LogP contribution in [0.2, 0.25) is 10.0 Å². The first-order valence-corrected chi connectivity index (χ1v) is 4.37. The molecule has 1 N–H and O–H groups in total. The van der Waals surface area contributed by atoms with Crippen LogP contribution in [0.1, 0.15) is 0 Å². The minimum atomic E-state index is 0.0448. The zero-order chi connectivity index (χ0) is 9.42. The lowest BCUT2D eigenvalue weighted by Crippen LogP contribution is -1.80. The van der Waals surface area contributed by atoms with Gasteiger partial charge in [0.1, 0.15) is 10.8 Å². The average Bonchev–Trinajstić information content (AvgIpc) is 2.12. The van der Waals surface area contributed by atoms with Gasteiger partial charge in [-0.25, -0.2) is 0 Å². The van der Waals surface area contributed by atoms with E-state index < -0.39 is 0 Å². The number of fused-ring (bicyclic) bond motifs is 1. The summed E-state index contributed by atoms with van der Waals surface area (Å²) in [5, 5.41) is 11.0. The molecule has 2 aromatic rings. The Kier molecular flexibility index (Phi) is 2.02. The predicted molar refractivity (Wildman–Crippen MR) is 53.4 cm³/mol. The Morgan fingerprint density at radius 3 is 2.77 bits per heavy atom. The smallest absolute Gasteiger partial charge is 0.145 e. The highest BCUT2D eigenvalue weighted by Crippen LogP contribution is 2.31. The molecular formula is C9H5Cl2NO. The van der Waals surface area contributed by atoms with Crippen LogP contribution in [0, 0.1) is 0 Å². The second-order valence-electron chi connectivity index (χ2n) is 2.62. The van der Waals surface area contributed by atoms with Gasteiger partial charge in [0, 0.05) is 16.6 Å². The van der Waals surface area contributed by atoms with Crippen LogP contribution in [0.25, 0.3) is 10.9 Å². The van der Waals surface area contributed by atoms with E-state index in [2.05, 4.69) is 4.98 Å². The van der Waals surface area contributed by atoms with Gasteiger partial charge in [0.2, 0.25) is 0 Å². The van der Waals surface area contributed by atoms with Gasteiger partial charge in [-0.2, -0.15) is 0 Å². The fourth-order valence-corrected chi connectivity index (χ4v) is 1.44. The maximum atomic E-state index is 9.53. The highest BCUT2D eigenvalue weighted by Gasteiger charge is 2.05. The summed E-state index contributed by atoms with van der Waals surface area (Å²) in [6, 6.07) is 5.04. The number of benzene rings is 1. The fourth-order valence-electron chi connectivity index (χ4n) is 1.13. The third-order valence-electron chi connectivity index (χ3n) is 1.76. The Labute approximate surface area is 84.7 Å². The molecule has 1 heterocycles. The van der Waals surface area contributed by atoms with Gasteiger partial charge in [-0.3, -0.25) is 4.98 Å². The minimum absolute atomic E-state index is 0.0448. The maximum Gasteiger partial charge on any atom is 0.145 e. The lowest BCUT2D eigenvalue weighted by molar-refractivity contribution is 0.481. The first-order valence-electron chi connectivity index (χ1n) is 3.61. The van der Waals surface area contributed by atoms with Gasteiger partial charge in [0.15, 0.2) is 0 Å². The number of rotatable bonds is 0. The van der Waals surface area contributed by atoms with Crippen LogP contribution in [0.4, 0.5) is 0 Å². The van der Waals surface area contributed by atoms with E-state index >= 15 is 0 Å². The Hall–Kier alpha value is -0.990. The minimum Gasteiger partial charge on any atom is -0.506 e. The average molecular weight is 214 g/mol. The highest BCUT2D eigenvalue weighted by atomic mass is 35.5. The number of hydrogen-bond donors (Lipinski definition) is 1. The molecule has 1 aromatic heterocycles. The van der Waals surface area contributed by atoms with Crippen LogP contribution < -0.4 is 0 Å². The van der Waals surface area contributed by atoms with E-state index in [1.54, 1.807) is 18.2 Å². The topological polar surface area (TPSA) is 33.1 Å². The fraction of sp³-hybridized carbons (Fsp3) is 0. The van der Waals surface area contributed by atoms with Crippen molar-refractivity contribution in [3.05, 3.63) is 34.4 Å². The summed E-state index contributed by atoms with van der Waals surface area (Å²) in [5.41, 5.74) is 0.634. The summed E-state index contributed by atoms with van der Waals surface area (Å²) in [5.74, 6) is 0.0448. The molecule has 0 saturated heterocycles. The van der Waals surface area contributed by atoms with Crippen molar-refractivity contribution in [2.45, 2.75) is 0 Å². The number of aromatic nitrogens is 1. The lowest BCUT2D eigenvalue weighted by Gasteiger charge is -2.01. The second kappa shape index (κ2) is 3.05. The van der Waals surface area contributed by atoms with Crippen molar-refractivity contribution in [2.24, 2.45) is 0 Å². The van der Waals surface area contributed by atoms with E-state index in [9.17, 15) is 5.11 Å². The van der Waals surface area contributed by atoms with Crippen LogP contribution in [-0.4, -0.2) is 10.1 Å². The van der Waals surface area contributed by atoms with Crippen molar-refractivity contribution >= 4 is 34.1 Å². The molecule has 2 nitrogen and oxygen atoms in total. The first-order chi connectivity index (χ1) is 6.18. The van der Waals surface area contributed by atoms with Crippen molar-refractivity contribution in [2.75, 3.05) is 0 Å². The Morgan fingerprint density at radius 1 is 1.23 bits per heavy atom. The molecule has 66 valence electrons. The Morgan fingerprint density at radius 2 is 2.00 bits per heavy atom. The molecule has 0 fully saturated rings. The number of nitrogens with zero attached hydrogens (tertiary/aromatic N) is 1. The van der Waals surface area contributed by atoms with Crippen LogP contribution in [0.5, 0.6) is 5.75 Å². The van der Waals surface area contributed by atoms with Gasteiger partial charge in [0.25, 0.3) is 0 Å². The summed E-state index contributed by atoms with van der Waals surface area (Å²) in [4.78, 5) is 4.03. The monoisotopic (exact) mass is 213 g/mol. The molecule has 0 spiro atoms. The summed E-state index contributed by atoms with van der Waals surface area (Å²) in [6.45, 7) is 0. The van der Waals surface area contributed by atoms with Gasteiger partial charge in [-0.05, 0) is 18.2 Å². The van der Waals surface area contributed by atoms with E-state index in [1.165, 1.54) is 6.20 Å².